The van der Waals surface area contributed by atoms with Crippen molar-refractivity contribution >= 4 is 5.91 Å². The summed E-state index contributed by atoms with van der Waals surface area (Å²) in [6.07, 6.45) is 3.80. The molecule has 2 heterocycles. The van der Waals surface area contributed by atoms with Gasteiger partial charge in [-0.05, 0) is 33.1 Å². The number of hydrogen-bond donors (Lipinski definition) is 2. The third-order valence-electron chi connectivity index (χ3n) is 3.41. The number of carbonyl (C=O) groups excluding carboxylic acids is 1. The maximum atomic E-state index is 12.2. The Labute approximate surface area is 101 Å². The van der Waals surface area contributed by atoms with E-state index in [-0.39, 0.29) is 5.91 Å². The molecule has 2 rings (SSSR count). The third kappa shape index (κ3) is 2.66. The second-order valence-electron chi connectivity index (χ2n) is 5.05. The van der Waals surface area contributed by atoms with Gasteiger partial charge in [0.2, 0.25) is 0 Å². The average Bonchev–Trinajstić information content (AvgIpc) is 2.59. The summed E-state index contributed by atoms with van der Waals surface area (Å²) in [5, 5.41) is 16.6. The molecule has 1 amide bonds. The largest absolute Gasteiger partial charge is 0.390 e. The van der Waals surface area contributed by atoms with Crippen LogP contribution >= 0.6 is 0 Å². The molecule has 0 spiro atoms. The summed E-state index contributed by atoms with van der Waals surface area (Å²) in [7, 11) is 0. The number of likely N-dealkylation sites (tertiary alicyclic amines) is 1. The van der Waals surface area contributed by atoms with Crippen molar-refractivity contribution in [3.63, 3.8) is 0 Å². The minimum atomic E-state index is -0.638. The Bertz CT molecular complexity index is 412. The van der Waals surface area contributed by atoms with Gasteiger partial charge in [0, 0.05) is 18.8 Å². The summed E-state index contributed by atoms with van der Waals surface area (Å²) in [6, 6.07) is 0. The predicted molar refractivity (Wildman–Crippen MR) is 63.7 cm³/mol. The molecule has 0 aromatic carbocycles. The fourth-order valence-electron chi connectivity index (χ4n) is 2.20. The van der Waals surface area contributed by atoms with Crippen LogP contribution in [0.2, 0.25) is 0 Å². The van der Waals surface area contributed by atoms with Gasteiger partial charge in [0.15, 0.2) is 0 Å². The molecule has 1 saturated heterocycles. The van der Waals surface area contributed by atoms with Gasteiger partial charge in [-0.15, -0.1) is 0 Å². The first-order valence-corrected chi connectivity index (χ1v) is 6.01. The van der Waals surface area contributed by atoms with E-state index in [0.717, 1.165) is 18.5 Å². The molecule has 1 unspecified atom stereocenters. The Kier molecular flexibility index (Phi) is 3.19. The van der Waals surface area contributed by atoms with E-state index in [0.29, 0.717) is 25.1 Å². The first kappa shape index (κ1) is 12.1. The molecule has 2 N–H and O–H groups in total. The standard InChI is InChI=1S/C12H19N3O2/c1-9-10(8-13-14-9)11(16)15-6-3-4-12(2,17)5-7-15/h8,17H,3-7H2,1-2H3,(H,13,14). The van der Waals surface area contributed by atoms with Crippen molar-refractivity contribution in [3.8, 4) is 0 Å². The lowest BCUT2D eigenvalue weighted by atomic mass is 9.98. The fraction of sp³-hybridized carbons (Fsp3) is 0.667. The number of H-pyrrole nitrogens is 1. The predicted octanol–water partition coefficient (Wildman–Crippen LogP) is 1.10. The monoisotopic (exact) mass is 237 g/mol. The van der Waals surface area contributed by atoms with E-state index in [1.54, 1.807) is 11.1 Å². The van der Waals surface area contributed by atoms with Crippen LogP contribution in [-0.2, 0) is 0 Å². The van der Waals surface area contributed by atoms with E-state index < -0.39 is 5.60 Å². The van der Waals surface area contributed by atoms with Crippen LogP contribution in [0.4, 0.5) is 0 Å². The highest BCUT2D eigenvalue weighted by Crippen LogP contribution is 2.22. The van der Waals surface area contributed by atoms with Crippen molar-refractivity contribution in [2.24, 2.45) is 0 Å². The number of rotatable bonds is 1. The molecular formula is C12H19N3O2. The van der Waals surface area contributed by atoms with Gasteiger partial charge >= 0.3 is 0 Å². The van der Waals surface area contributed by atoms with Crippen LogP contribution in [0.5, 0.6) is 0 Å². The van der Waals surface area contributed by atoms with Crippen LogP contribution in [-0.4, -0.2) is 44.8 Å². The van der Waals surface area contributed by atoms with Crippen molar-refractivity contribution < 1.29 is 9.90 Å². The lowest BCUT2D eigenvalue weighted by molar-refractivity contribution is 0.0438. The van der Waals surface area contributed by atoms with Crippen molar-refractivity contribution in [3.05, 3.63) is 17.5 Å². The number of aliphatic hydroxyl groups is 1. The van der Waals surface area contributed by atoms with Gasteiger partial charge in [0.25, 0.3) is 5.91 Å². The molecule has 1 aliphatic rings. The van der Waals surface area contributed by atoms with Crippen LogP contribution in [0.3, 0.4) is 0 Å². The number of nitrogens with one attached hydrogen (secondary N) is 1. The van der Waals surface area contributed by atoms with Crippen LogP contribution in [0.1, 0.15) is 42.2 Å². The lowest BCUT2D eigenvalue weighted by Gasteiger charge is -2.22. The zero-order valence-corrected chi connectivity index (χ0v) is 10.4. The summed E-state index contributed by atoms with van der Waals surface area (Å²) in [5.74, 6) is 0.00829. The number of nitrogens with zero attached hydrogens (tertiary/aromatic N) is 2. The highest BCUT2D eigenvalue weighted by molar-refractivity contribution is 5.95. The molecule has 5 heteroatoms. The van der Waals surface area contributed by atoms with Crippen LogP contribution in [0, 0.1) is 6.92 Å². The molecule has 0 bridgehead atoms. The first-order valence-electron chi connectivity index (χ1n) is 6.01. The van der Waals surface area contributed by atoms with E-state index in [4.69, 9.17) is 0 Å². The molecule has 1 aromatic heterocycles. The molecule has 1 atom stereocenters. The summed E-state index contributed by atoms with van der Waals surface area (Å²) in [5.41, 5.74) is 0.790. The van der Waals surface area contributed by atoms with Gasteiger partial charge in [-0.2, -0.15) is 5.10 Å². The zero-order valence-electron chi connectivity index (χ0n) is 10.4. The second kappa shape index (κ2) is 4.49. The van der Waals surface area contributed by atoms with Crippen molar-refractivity contribution in [2.45, 2.75) is 38.7 Å². The van der Waals surface area contributed by atoms with Crippen LogP contribution in [0.15, 0.2) is 6.20 Å². The van der Waals surface area contributed by atoms with Crippen molar-refractivity contribution in [2.75, 3.05) is 13.1 Å². The number of amides is 1. The molecular weight excluding hydrogens is 218 g/mol. The highest BCUT2D eigenvalue weighted by Gasteiger charge is 2.28. The smallest absolute Gasteiger partial charge is 0.257 e. The van der Waals surface area contributed by atoms with E-state index in [1.165, 1.54) is 0 Å². The average molecular weight is 237 g/mol. The number of aryl methyl sites for hydroxylation is 1. The first-order chi connectivity index (χ1) is 7.99. The normalized spacial score (nSPS) is 25.7. The van der Waals surface area contributed by atoms with E-state index in [9.17, 15) is 9.90 Å². The minimum Gasteiger partial charge on any atom is -0.390 e. The van der Waals surface area contributed by atoms with Crippen molar-refractivity contribution in [1.82, 2.24) is 15.1 Å². The van der Waals surface area contributed by atoms with Gasteiger partial charge in [-0.25, -0.2) is 0 Å². The van der Waals surface area contributed by atoms with E-state index in [2.05, 4.69) is 10.2 Å². The SMILES string of the molecule is Cc1[nH]ncc1C(=O)N1CCCC(C)(O)CC1. The Morgan fingerprint density at radius 1 is 1.53 bits per heavy atom. The summed E-state index contributed by atoms with van der Waals surface area (Å²) >= 11 is 0. The maximum absolute atomic E-state index is 12.2. The molecule has 17 heavy (non-hydrogen) atoms. The zero-order chi connectivity index (χ0) is 12.5. The summed E-state index contributed by atoms with van der Waals surface area (Å²) < 4.78 is 0. The molecule has 1 aromatic rings. The Hall–Kier alpha value is -1.36. The molecule has 1 aliphatic heterocycles. The van der Waals surface area contributed by atoms with Crippen LogP contribution < -0.4 is 0 Å². The number of aromatic amines is 1. The maximum Gasteiger partial charge on any atom is 0.257 e. The molecule has 0 aliphatic carbocycles. The van der Waals surface area contributed by atoms with Crippen LogP contribution in [0.25, 0.3) is 0 Å². The highest BCUT2D eigenvalue weighted by atomic mass is 16.3. The van der Waals surface area contributed by atoms with Crippen molar-refractivity contribution in [1.29, 1.82) is 0 Å². The number of hydrogen-bond acceptors (Lipinski definition) is 3. The summed E-state index contributed by atoms with van der Waals surface area (Å²) in [6.45, 7) is 4.99. The van der Waals surface area contributed by atoms with E-state index in [1.807, 2.05) is 13.8 Å². The van der Waals surface area contributed by atoms with Gasteiger partial charge in [0.1, 0.15) is 0 Å². The van der Waals surface area contributed by atoms with E-state index >= 15 is 0 Å². The molecule has 0 saturated carbocycles. The molecule has 0 radical (unpaired) electrons. The third-order valence-corrected chi connectivity index (χ3v) is 3.41. The van der Waals surface area contributed by atoms with Gasteiger partial charge < -0.3 is 10.0 Å². The lowest BCUT2D eigenvalue weighted by Crippen LogP contribution is -2.33. The molecule has 94 valence electrons. The van der Waals surface area contributed by atoms with Gasteiger partial charge in [-0.3, -0.25) is 9.89 Å². The molecule has 5 nitrogen and oxygen atoms in total. The minimum absolute atomic E-state index is 0.00829. The topological polar surface area (TPSA) is 69.2 Å². The quantitative estimate of drug-likeness (QED) is 0.768. The fourth-order valence-corrected chi connectivity index (χ4v) is 2.20. The Morgan fingerprint density at radius 3 is 2.94 bits per heavy atom. The summed E-state index contributed by atoms with van der Waals surface area (Å²) in [4.78, 5) is 14.0. The molecule has 1 fully saturated rings. The number of aromatic nitrogens is 2. The van der Waals surface area contributed by atoms with Gasteiger partial charge in [0.05, 0.1) is 17.4 Å². The Balaban J connectivity index is 2.08. The number of carbonyl (C=O) groups is 1. The second-order valence-corrected chi connectivity index (χ2v) is 5.05. The van der Waals surface area contributed by atoms with Gasteiger partial charge in [-0.1, -0.05) is 0 Å². The Morgan fingerprint density at radius 2 is 2.29 bits per heavy atom.